The number of rotatable bonds is 4. The average Bonchev–Trinajstić information content (AvgIpc) is 2.12. The highest BCUT2D eigenvalue weighted by molar-refractivity contribution is 4.99. The fourth-order valence-corrected chi connectivity index (χ4v) is 1.22. The van der Waals surface area contributed by atoms with E-state index >= 15 is 0 Å². The molecule has 0 aliphatic heterocycles. The Morgan fingerprint density at radius 2 is 2.43 bits per heavy atom. The van der Waals surface area contributed by atoms with Crippen LogP contribution in [0.25, 0.3) is 0 Å². The first-order valence-corrected chi connectivity index (χ1v) is 4.41. The van der Waals surface area contributed by atoms with Crippen molar-refractivity contribution in [2.45, 2.75) is 19.5 Å². The van der Waals surface area contributed by atoms with Crippen LogP contribution in [-0.4, -0.2) is 29.3 Å². The molecule has 14 heavy (non-hydrogen) atoms. The summed E-state index contributed by atoms with van der Waals surface area (Å²) in [5.74, 6) is 0. The molecule has 1 atom stereocenters. The lowest BCUT2D eigenvalue weighted by molar-refractivity contribution is 0.173. The highest BCUT2D eigenvalue weighted by atomic mass is 16.5. The van der Waals surface area contributed by atoms with E-state index in [1.54, 1.807) is 19.5 Å². The first-order chi connectivity index (χ1) is 6.63. The molecule has 1 aromatic rings. The first-order valence-electron chi connectivity index (χ1n) is 4.41. The molecule has 1 heterocycles. The molecule has 1 rings (SSSR count). The van der Waals surface area contributed by atoms with Gasteiger partial charge in [0.05, 0.1) is 6.61 Å². The Hall–Kier alpha value is -1.20. The Labute approximate surface area is 82.5 Å². The third-order valence-electron chi connectivity index (χ3n) is 1.80. The van der Waals surface area contributed by atoms with Crippen LogP contribution >= 0.6 is 0 Å². The maximum Gasteiger partial charge on any atom is 0.347 e. The standard InChI is InChI=1S/C9H15N3O2/c1-7-3-11-9(13)12(4-7)5-8(10)6-14-2/h3-4,8H,5-6,10H2,1-2H3. The van der Waals surface area contributed by atoms with E-state index in [0.717, 1.165) is 5.56 Å². The van der Waals surface area contributed by atoms with Gasteiger partial charge in [0.2, 0.25) is 0 Å². The lowest BCUT2D eigenvalue weighted by Crippen LogP contribution is -2.35. The molecule has 5 heteroatoms. The predicted molar refractivity (Wildman–Crippen MR) is 53.1 cm³/mol. The van der Waals surface area contributed by atoms with Gasteiger partial charge in [-0.3, -0.25) is 4.57 Å². The Balaban J connectivity index is 2.75. The predicted octanol–water partition coefficient (Wildman–Crippen LogP) is -0.475. The molecule has 1 aromatic heterocycles. The van der Waals surface area contributed by atoms with Crippen molar-refractivity contribution in [3.8, 4) is 0 Å². The second-order valence-corrected chi connectivity index (χ2v) is 3.28. The van der Waals surface area contributed by atoms with Gasteiger partial charge in [0.25, 0.3) is 0 Å². The SMILES string of the molecule is COCC(N)Cn1cc(C)cnc1=O. The van der Waals surface area contributed by atoms with Gasteiger partial charge in [-0.1, -0.05) is 0 Å². The Bertz CT molecular complexity index is 348. The number of ether oxygens (including phenoxy) is 1. The first kappa shape index (κ1) is 10.9. The van der Waals surface area contributed by atoms with Crippen LogP contribution in [0.15, 0.2) is 17.2 Å². The molecule has 0 aliphatic carbocycles. The largest absolute Gasteiger partial charge is 0.383 e. The van der Waals surface area contributed by atoms with Crippen LogP contribution in [0.1, 0.15) is 5.56 Å². The molecule has 0 bridgehead atoms. The van der Waals surface area contributed by atoms with E-state index in [4.69, 9.17) is 10.5 Å². The maximum atomic E-state index is 11.3. The number of aromatic nitrogens is 2. The number of hydrogen-bond donors (Lipinski definition) is 1. The normalized spacial score (nSPS) is 12.8. The quantitative estimate of drug-likeness (QED) is 0.708. The molecule has 0 aliphatic rings. The number of nitrogens with zero attached hydrogens (tertiary/aromatic N) is 2. The summed E-state index contributed by atoms with van der Waals surface area (Å²) in [6.07, 6.45) is 3.28. The van der Waals surface area contributed by atoms with Gasteiger partial charge < -0.3 is 10.5 Å². The van der Waals surface area contributed by atoms with Gasteiger partial charge in [0, 0.05) is 32.1 Å². The molecule has 0 radical (unpaired) electrons. The molecule has 0 amide bonds. The van der Waals surface area contributed by atoms with Gasteiger partial charge in [0.15, 0.2) is 0 Å². The number of aryl methyl sites for hydroxylation is 1. The van der Waals surface area contributed by atoms with Crippen molar-refractivity contribution in [2.75, 3.05) is 13.7 Å². The van der Waals surface area contributed by atoms with Crippen molar-refractivity contribution in [1.29, 1.82) is 0 Å². The second kappa shape index (κ2) is 4.88. The molecule has 78 valence electrons. The molecular weight excluding hydrogens is 182 g/mol. The van der Waals surface area contributed by atoms with Crippen molar-refractivity contribution in [2.24, 2.45) is 5.73 Å². The van der Waals surface area contributed by atoms with E-state index in [0.29, 0.717) is 13.2 Å². The van der Waals surface area contributed by atoms with Gasteiger partial charge in [-0.05, 0) is 12.5 Å². The van der Waals surface area contributed by atoms with E-state index in [-0.39, 0.29) is 11.7 Å². The van der Waals surface area contributed by atoms with Crippen molar-refractivity contribution < 1.29 is 4.74 Å². The molecule has 5 nitrogen and oxygen atoms in total. The average molecular weight is 197 g/mol. The third-order valence-corrected chi connectivity index (χ3v) is 1.80. The van der Waals surface area contributed by atoms with E-state index in [1.807, 2.05) is 6.92 Å². The van der Waals surface area contributed by atoms with Crippen molar-refractivity contribution >= 4 is 0 Å². The Morgan fingerprint density at radius 1 is 1.71 bits per heavy atom. The minimum absolute atomic E-state index is 0.179. The monoisotopic (exact) mass is 197 g/mol. The topological polar surface area (TPSA) is 70.1 Å². The molecule has 0 spiro atoms. The van der Waals surface area contributed by atoms with Gasteiger partial charge >= 0.3 is 5.69 Å². The van der Waals surface area contributed by atoms with Crippen LogP contribution in [0.4, 0.5) is 0 Å². The van der Waals surface area contributed by atoms with Crippen molar-refractivity contribution in [3.05, 3.63) is 28.4 Å². The highest BCUT2D eigenvalue weighted by Crippen LogP contribution is 1.91. The molecule has 0 fully saturated rings. The third kappa shape index (κ3) is 2.93. The van der Waals surface area contributed by atoms with E-state index in [9.17, 15) is 4.79 Å². The summed E-state index contributed by atoms with van der Waals surface area (Å²) < 4.78 is 6.38. The van der Waals surface area contributed by atoms with Crippen LogP contribution in [0.5, 0.6) is 0 Å². The highest BCUT2D eigenvalue weighted by Gasteiger charge is 2.04. The zero-order valence-electron chi connectivity index (χ0n) is 8.43. The van der Waals surface area contributed by atoms with Crippen molar-refractivity contribution in [1.82, 2.24) is 9.55 Å². The smallest absolute Gasteiger partial charge is 0.347 e. The van der Waals surface area contributed by atoms with Gasteiger partial charge in [0.1, 0.15) is 0 Å². The van der Waals surface area contributed by atoms with E-state index < -0.39 is 0 Å². The van der Waals surface area contributed by atoms with Crippen LogP contribution < -0.4 is 11.4 Å². The summed E-state index contributed by atoms with van der Waals surface area (Å²) in [5, 5.41) is 0. The van der Waals surface area contributed by atoms with Crippen LogP contribution in [0.2, 0.25) is 0 Å². The summed E-state index contributed by atoms with van der Waals surface area (Å²) in [4.78, 5) is 15.0. The minimum Gasteiger partial charge on any atom is -0.383 e. The Morgan fingerprint density at radius 3 is 3.07 bits per heavy atom. The van der Waals surface area contributed by atoms with Crippen LogP contribution in [0, 0.1) is 6.92 Å². The molecule has 0 saturated heterocycles. The lowest BCUT2D eigenvalue weighted by Gasteiger charge is -2.11. The van der Waals surface area contributed by atoms with Crippen molar-refractivity contribution in [3.63, 3.8) is 0 Å². The second-order valence-electron chi connectivity index (χ2n) is 3.28. The summed E-state index contributed by atoms with van der Waals surface area (Å²) in [6.45, 7) is 2.74. The molecule has 2 N–H and O–H groups in total. The zero-order chi connectivity index (χ0) is 10.6. The summed E-state index contributed by atoms with van der Waals surface area (Å²) in [7, 11) is 1.58. The van der Waals surface area contributed by atoms with E-state index in [1.165, 1.54) is 4.57 Å². The zero-order valence-corrected chi connectivity index (χ0v) is 8.43. The number of methoxy groups -OCH3 is 1. The minimum atomic E-state index is -0.276. The summed E-state index contributed by atoms with van der Waals surface area (Å²) >= 11 is 0. The van der Waals surface area contributed by atoms with Gasteiger partial charge in [-0.25, -0.2) is 9.78 Å². The number of nitrogens with two attached hydrogens (primary N) is 1. The van der Waals surface area contributed by atoms with Gasteiger partial charge in [-0.2, -0.15) is 0 Å². The summed E-state index contributed by atoms with van der Waals surface area (Å²) in [6, 6.07) is -0.179. The van der Waals surface area contributed by atoms with Crippen LogP contribution in [-0.2, 0) is 11.3 Å². The maximum absolute atomic E-state index is 11.3. The molecular formula is C9H15N3O2. The fraction of sp³-hybridized carbons (Fsp3) is 0.556. The lowest BCUT2D eigenvalue weighted by atomic mass is 10.3. The Kier molecular flexibility index (Phi) is 3.79. The molecule has 0 saturated carbocycles. The molecule has 1 unspecified atom stereocenters. The number of hydrogen-bond acceptors (Lipinski definition) is 4. The fourth-order valence-electron chi connectivity index (χ4n) is 1.22. The van der Waals surface area contributed by atoms with Gasteiger partial charge in [-0.15, -0.1) is 0 Å². The van der Waals surface area contributed by atoms with E-state index in [2.05, 4.69) is 4.98 Å². The summed E-state index contributed by atoms with van der Waals surface area (Å²) in [5.41, 5.74) is 6.39. The molecule has 0 aromatic carbocycles. The van der Waals surface area contributed by atoms with Crippen LogP contribution in [0.3, 0.4) is 0 Å².